The van der Waals surface area contributed by atoms with Crippen LogP contribution < -0.4 is 10.5 Å². The van der Waals surface area contributed by atoms with E-state index in [1.807, 2.05) is 12.1 Å². The van der Waals surface area contributed by atoms with Gasteiger partial charge in [0.2, 0.25) is 0 Å². The van der Waals surface area contributed by atoms with Gasteiger partial charge >= 0.3 is 0 Å². The maximum absolute atomic E-state index is 8.71. The van der Waals surface area contributed by atoms with Crippen LogP contribution in [-0.2, 0) is 11.3 Å². The number of nitrogens with zero attached hydrogens (tertiary/aromatic N) is 1. The first-order valence-electron chi connectivity index (χ1n) is 6.97. The molecule has 20 heavy (non-hydrogen) atoms. The molecule has 1 aromatic carbocycles. The summed E-state index contributed by atoms with van der Waals surface area (Å²) in [6, 6.07) is 5.54. The van der Waals surface area contributed by atoms with E-state index in [4.69, 9.17) is 20.4 Å². The number of amidine groups is 1. The van der Waals surface area contributed by atoms with Gasteiger partial charge in [0.25, 0.3) is 0 Å². The van der Waals surface area contributed by atoms with Crippen molar-refractivity contribution in [1.29, 1.82) is 0 Å². The van der Waals surface area contributed by atoms with Gasteiger partial charge in [-0.2, -0.15) is 0 Å². The van der Waals surface area contributed by atoms with Gasteiger partial charge in [0, 0.05) is 6.61 Å². The maximum Gasteiger partial charge on any atom is 0.173 e. The van der Waals surface area contributed by atoms with E-state index in [1.165, 1.54) is 19.3 Å². The Bertz CT molecular complexity index is 470. The number of rotatable bonds is 7. The summed E-state index contributed by atoms with van der Waals surface area (Å²) >= 11 is 0. The van der Waals surface area contributed by atoms with Crippen molar-refractivity contribution in [1.82, 2.24) is 0 Å². The summed E-state index contributed by atoms with van der Waals surface area (Å²) in [5, 5.41) is 11.7. The third-order valence-electron chi connectivity index (χ3n) is 3.81. The molecule has 2 rings (SSSR count). The van der Waals surface area contributed by atoms with Crippen molar-refractivity contribution >= 4 is 5.84 Å². The van der Waals surface area contributed by atoms with Crippen LogP contribution in [0.4, 0.5) is 0 Å². The molecule has 0 heterocycles. The second-order valence-electron chi connectivity index (χ2n) is 5.16. The predicted octanol–water partition coefficient (Wildman–Crippen LogP) is 2.50. The molecule has 0 aromatic heterocycles. The lowest BCUT2D eigenvalue weighted by atomic mass is 9.83. The van der Waals surface area contributed by atoms with Crippen LogP contribution in [0, 0.1) is 5.92 Å². The zero-order valence-corrected chi connectivity index (χ0v) is 11.8. The monoisotopic (exact) mass is 278 g/mol. The Balaban J connectivity index is 1.88. The van der Waals surface area contributed by atoms with Crippen molar-refractivity contribution in [3.05, 3.63) is 29.3 Å². The van der Waals surface area contributed by atoms with Crippen LogP contribution in [0.5, 0.6) is 5.75 Å². The Morgan fingerprint density at radius 1 is 1.45 bits per heavy atom. The summed E-state index contributed by atoms with van der Waals surface area (Å²) in [6.07, 6.45) is 5.23. The molecule has 1 aromatic rings. The van der Waals surface area contributed by atoms with Gasteiger partial charge in [-0.1, -0.05) is 30.5 Å². The fourth-order valence-corrected chi connectivity index (χ4v) is 2.31. The molecule has 0 radical (unpaired) electrons. The van der Waals surface area contributed by atoms with E-state index >= 15 is 0 Å². The number of hydrogen-bond acceptors (Lipinski definition) is 4. The van der Waals surface area contributed by atoms with Crippen molar-refractivity contribution in [2.45, 2.75) is 32.3 Å². The van der Waals surface area contributed by atoms with Crippen molar-refractivity contribution < 1.29 is 14.7 Å². The van der Waals surface area contributed by atoms with E-state index in [9.17, 15) is 0 Å². The molecule has 1 saturated carbocycles. The molecule has 0 amide bonds. The molecule has 0 saturated heterocycles. The van der Waals surface area contributed by atoms with E-state index in [-0.39, 0.29) is 5.84 Å². The third kappa shape index (κ3) is 3.63. The number of nitrogens with two attached hydrogens (primary N) is 1. The summed E-state index contributed by atoms with van der Waals surface area (Å²) in [7, 11) is 1.56. The average Bonchev–Trinajstić information content (AvgIpc) is 2.44. The highest BCUT2D eigenvalue weighted by Crippen LogP contribution is 2.29. The molecule has 3 N–H and O–H groups in total. The number of oxime groups is 1. The SMILES string of the molecule is COc1cc(COCCC2CCC2)ccc1/C(N)=N/O. The predicted molar refractivity (Wildman–Crippen MR) is 77.1 cm³/mol. The van der Waals surface area contributed by atoms with Crippen LogP contribution >= 0.6 is 0 Å². The van der Waals surface area contributed by atoms with E-state index in [1.54, 1.807) is 13.2 Å². The molecular formula is C15H22N2O3. The molecule has 0 unspecified atom stereocenters. The van der Waals surface area contributed by atoms with Gasteiger partial charge < -0.3 is 20.4 Å². The quantitative estimate of drug-likeness (QED) is 0.264. The van der Waals surface area contributed by atoms with E-state index in [2.05, 4.69) is 5.16 Å². The normalized spacial score (nSPS) is 15.9. The molecule has 0 spiro atoms. The van der Waals surface area contributed by atoms with Crippen LogP contribution in [0.1, 0.15) is 36.8 Å². The highest BCUT2D eigenvalue weighted by Gasteiger charge is 2.16. The minimum Gasteiger partial charge on any atom is -0.496 e. The van der Waals surface area contributed by atoms with E-state index in [0.717, 1.165) is 24.5 Å². The van der Waals surface area contributed by atoms with Crippen LogP contribution in [0.3, 0.4) is 0 Å². The highest BCUT2D eigenvalue weighted by molar-refractivity contribution is 5.99. The van der Waals surface area contributed by atoms with Gasteiger partial charge in [0.05, 0.1) is 19.3 Å². The number of hydrogen-bond donors (Lipinski definition) is 2. The van der Waals surface area contributed by atoms with Gasteiger partial charge in [-0.25, -0.2) is 0 Å². The van der Waals surface area contributed by atoms with Crippen LogP contribution in [-0.4, -0.2) is 24.8 Å². The molecule has 0 bridgehead atoms. The molecular weight excluding hydrogens is 256 g/mol. The molecule has 110 valence electrons. The highest BCUT2D eigenvalue weighted by atomic mass is 16.5. The van der Waals surface area contributed by atoms with Gasteiger partial charge in [-0.05, 0) is 30.0 Å². The Kier molecular flexibility index (Phi) is 5.24. The van der Waals surface area contributed by atoms with E-state index in [0.29, 0.717) is 17.9 Å². The lowest BCUT2D eigenvalue weighted by Gasteiger charge is -2.24. The fourth-order valence-electron chi connectivity index (χ4n) is 2.31. The standard InChI is InChI=1S/C15H22N2O3/c1-19-14-9-12(5-6-13(14)15(16)17-18)10-20-8-7-11-3-2-4-11/h5-6,9,11,18H,2-4,7-8,10H2,1H3,(H2,16,17). The Hall–Kier alpha value is -1.75. The molecule has 1 aliphatic rings. The largest absolute Gasteiger partial charge is 0.496 e. The minimum atomic E-state index is 0.0410. The molecule has 5 heteroatoms. The number of methoxy groups -OCH3 is 1. The first kappa shape index (κ1) is 14.7. The van der Waals surface area contributed by atoms with Gasteiger partial charge in [-0.15, -0.1) is 0 Å². The Labute approximate surface area is 119 Å². The van der Waals surface area contributed by atoms with Crippen molar-refractivity contribution in [2.75, 3.05) is 13.7 Å². The van der Waals surface area contributed by atoms with Gasteiger partial charge in [-0.3, -0.25) is 0 Å². The summed E-state index contributed by atoms with van der Waals surface area (Å²) in [6.45, 7) is 1.36. The van der Waals surface area contributed by atoms with Crippen LogP contribution in [0.2, 0.25) is 0 Å². The number of benzene rings is 1. The Morgan fingerprint density at radius 3 is 2.85 bits per heavy atom. The minimum absolute atomic E-state index is 0.0410. The first-order chi connectivity index (χ1) is 9.74. The second kappa shape index (κ2) is 7.14. The lowest BCUT2D eigenvalue weighted by Crippen LogP contribution is -2.15. The zero-order valence-electron chi connectivity index (χ0n) is 11.8. The topological polar surface area (TPSA) is 77.1 Å². The molecule has 5 nitrogen and oxygen atoms in total. The first-order valence-corrected chi connectivity index (χ1v) is 6.97. The second-order valence-corrected chi connectivity index (χ2v) is 5.16. The molecule has 0 aliphatic heterocycles. The fraction of sp³-hybridized carbons (Fsp3) is 0.533. The summed E-state index contributed by atoms with van der Waals surface area (Å²) in [5.41, 5.74) is 7.18. The summed E-state index contributed by atoms with van der Waals surface area (Å²) < 4.78 is 10.9. The molecule has 0 atom stereocenters. The maximum atomic E-state index is 8.71. The number of ether oxygens (including phenoxy) is 2. The zero-order chi connectivity index (χ0) is 14.4. The Morgan fingerprint density at radius 2 is 2.25 bits per heavy atom. The van der Waals surface area contributed by atoms with Gasteiger partial charge in [0.15, 0.2) is 5.84 Å². The van der Waals surface area contributed by atoms with Crippen molar-refractivity contribution in [3.8, 4) is 5.75 Å². The molecule has 1 fully saturated rings. The van der Waals surface area contributed by atoms with E-state index < -0.39 is 0 Å². The van der Waals surface area contributed by atoms with Gasteiger partial charge in [0.1, 0.15) is 5.75 Å². The van der Waals surface area contributed by atoms with Crippen LogP contribution in [0.25, 0.3) is 0 Å². The average molecular weight is 278 g/mol. The summed E-state index contributed by atoms with van der Waals surface area (Å²) in [5.74, 6) is 1.49. The van der Waals surface area contributed by atoms with Crippen molar-refractivity contribution in [2.24, 2.45) is 16.8 Å². The molecule has 1 aliphatic carbocycles. The van der Waals surface area contributed by atoms with Crippen molar-refractivity contribution in [3.63, 3.8) is 0 Å². The third-order valence-corrected chi connectivity index (χ3v) is 3.81. The smallest absolute Gasteiger partial charge is 0.173 e. The summed E-state index contributed by atoms with van der Waals surface area (Å²) in [4.78, 5) is 0. The lowest BCUT2D eigenvalue weighted by molar-refractivity contribution is 0.0949. The van der Waals surface area contributed by atoms with Crippen LogP contribution in [0.15, 0.2) is 23.4 Å².